The Kier molecular flexibility index (Phi) is 5.42. The van der Waals surface area contributed by atoms with Gasteiger partial charge in [-0.05, 0) is 25.6 Å². The second-order valence-electron chi connectivity index (χ2n) is 6.52. The Morgan fingerprint density at radius 2 is 2.11 bits per heavy atom. The van der Waals surface area contributed by atoms with E-state index in [-0.39, 0.29) is 5.91 Å². The van der Waals surface area contributed by atoms with Gasteiger partial charge in [0.2, 0.25) is 0 Å². The Hall–Kier alpha value is -1.93. The lowest BCUT2D eigenvalue weighted by molar-refractivity contribution is 0.102. The second kappa shape index (κ2) is 7.83. The van der Waals surface area contributed by atoms with Gasteiger partial charge in [0.05, 0.1) is 15.7 Å². The van der Waals surface area contributed by atoms with E-state index in [2.05, 4.69) is 27.3 Å². The van der Waals surface area contributed by atoms with Crippen LogP contribution in [-0.4, -0.2) is 34.0 Å². The number of benzene rings is 1. The van der Waals surface area contributed by atoms with Crippen molar-refractivity contribution in [2.24, 2.45) is 0 Å². The van der Waals surface area contributed by atoms with Crippen molar-refractivity contribution >= 4 is 45.6 Å². The first kappa shape index (κ1) is 19.4. The molecular weight excluding hydrogens is 419 g/mol. The van der Waals surface area contributed by atoms with Gasteiger partial charge in [-0.2, -0.15) is 0 Å². The third-order valence-electron chi connectivity index (χ3n) is 4.77. The fraction of sp³-hybridized carbons (Fsp3) is 0.316. The fourth-order valence-electron chi connectivity index (χ4n) is 3.27. The molecule has 1 aliphatic heterocycles. The maximum Gasteiger partial charge on any atom is 0.263 e. The van der Waals surface area contributed by atoms with Crippen molar-refractivity contribution in [1.29, 1.82) is 0 Å². The van der Waals surface area contributed by atoms with Crippen LogP contribution in [0.1, 0.15) is 33.6 Å². The van der Waals surface area contributed by atoms with E-state index in [1.165, 1.54) is 16.2 Å². The Morgan fingerprint density at radius 3 is 2.82 bits per heavy atom. The van der Waals surface area contributed by atoms with Crippen molar-refractivity contribution < 1.29 is 9.32 Å². The molecule has 6 nitrogen and oxygen atoms in total. The molecule has 9 heteroatoms. The number of carbonyl (C=O) groups is 1. The average molecular weight is 437 g/mol. The van der Waals surface area contributed by atoms with Crippen LogP contribution in [0.3, 0.4) is 0 Å². The molecule has 3 heterocycles. The van der Waals surface area contributed by atoms with E-state index in [1.807, 2.05) is 0 Å². The smallest absolute Gasteiger partial charge is 0.263 e. The third-order valence-corrected chi connectivity index (χ3v) is 6.40. The second-order valence-corrected chi connectivity index (χ2v) is 8.42. The molecule has 0 saturated carbocycles. The maximum atomic E-state index is 13.0. The van der Waals surface area contributed by atoms with Crippen LogP contribution in [0.4, 0.5) is 5.13 Å². The zero-order valence-electron chi connectivity index (χ0n) is 15.4. The van der Waals surface area contributed by atoms with Crippen molar-refractivity contribution in [3.8, 4) is 11.3 Å². The summed E-state index contributed by atoms with van der Waals surface area (Å²) < 4.78 is 5.28. The predicted molar refractivity (Wildman–Crippen MR) is 111 cm³/mol. The van der Waals surface area contributed by atoms with Crippen LogP contribution in [0, 0.1) is 6.92 Å². The van der Waals surface area contributed by atoms with Crippen molar-refractivity contribution in [3.63, 3.8) is 0 Å². The minimum atomic E-state index is -0.344. The number of amides is 1. The zero-order valence-corrected chi connectivity index (χ0v) is 17.7. The molecule has 0 aliphatic carbocycles. The average Bonchev–Trinajstić information content (AvgIpc) is 3.23. The van der Waals surface area contributed by atoms with Crippen LogP contribution in [-0.2, 0) is 13.0 Å². The topological polar surface area (TPSA) is 71.3 Å². The quantitative estimate of drug-likeness (QED) is 0.619. The number of halogens is 2. The van der Waals surface area contributed by atoms with E-state index in [4.69, 9.17) is 27.7 Å². The number of likely N-dealkylation sites (N-methyl/N-ethyl adjacent to an activating group) is 1. The van der Waals surface area contributed by atoms with E-state index >= 15 is 0 Å². The maximum absolute atomic E-state index is 13.0. The highest BCUT2D eigenvalue weighted by Crippen LogP contribution is 2.37. The van der Waals surface area contributed by atoms with Gasteiger partial charge >= 0.3 is 0 Å². The number of hydrogen-bond donors (Lipinski definition) is 1. The first-order valence-corrected chi connectivity index (χ1v) is 10.5. The molecular formula is C19H18Cl2N4O2S. The van der Waals surface area contributed by atoms with Crippen molar-refractivity contribution in [1.82, 2.24) is 15.0 Å². The number of carbonyl (C=O) groups excluding carboxylic acids is 1. The summed E-state index contributed by atoms with van der Waals surface area (Å²) in [6.07, 6.45) is 0.891. The van der Waals surface area contributed by atoms with Gasteiger partial charge in [-0.15, -0.1) is 11.3 Å². The number of fused-ring (bicyclic) bond motifs is 1. The summed E-state index contributed by atoms with van der Waals surface area (Å²) in [5, 5.41) is 8.29. The van der Waals surface area contributed by atoms with E-state index < -0.39 is 0 Å². The number of aryl methyl sites for hydroxylation is 1. The Balaban J connectivity index is 1.64. The van der Waals surface area contributed by atoms with Gasteiger partial charge in [0.15, 0.2) is 5.13 Å². The number of aromatic nitrogens is 2. The largest absolute Gasteiger partial charge is 0.360 e. The van der Waals surface area contributed by atoms with Crippen LogP contribution in [0.15, 0.2) is 22.7 Å². The third kappa shape index (κ3) is 3.55. The molecule has 2 aromatic heterocycles. The molecule has 0 fully saturated rings. The van der Waals surface area contributed by atoms with Crippen molar-refractivity contribution in [3.05, 3.63) is 50.1 Å². The van der Waals surface area contributed by atoms with Gasteiger partial charge < -0.3 is 4.52 Å². The zero-order chi connectivity index (χ0) is 19.8. The summed E-state index contributed by atoms with van der Waals surface area (Å²) in [4.78, 5) is 21.1. The summed E-state index contributed by atoms with van der Waals surface area (Å²) >= 11 is 14.1. The lowest BCUT2D eigenvalue weighted by atomic mass is 10.1. The van der Waals surface area contributed by atoms with E-state index in [1.54, 1.807) is 25.1 Å². The summed E-state index contributed by atoms with van der Waals surface area (Å²) in [7, 11) is 0. The van der Waals surface area contributed by atoms with Gasteiger partial charge in [0.1, 0.15) is 17.0 Å². The number of hydrogen-bond acceptors (Lipinski definition) is 6. The Morgan fingerprint density at radius 1 is 1.36 bits per heavy atom. The molecule has 1 amide bonds. The molecule has 1 aliphatic rings. The summed E-state index contributed by atoms with van der Waals surface area (Å²) in [5.74, 6) is 0.0464. The van der Waals surface area contributed by atoms with Crippen LogP contribution >= 0.6 is 34.5 Å². The van der Waals surface area contributed by atoms with Gasteiger partial charge in [-0.25, -0.2) is 4.98 Å². The van der Waals surface area contributed by atoms with Crippen LogP contribution in [0.25, 0.3) is 11.3 Å². The monoisotopic (exact) mass is 436 g/mol. The van der Waals surface area contributed by atoms with Crippen molar-refractivity contribution in [2.75, 3.05) is 18.4 Å². The highest BCUT2D eigenvalue weighted by molar-refractivity contribution is 7.15. The summed E-state index contributed by atoms with van der Waals surface area (Å²) in [5.41, 5.74) is 2.16. The van der Waals surface area contributed by atoms with Gasteiger partial charge in [0.25, 0.3) is 5.91 Å². The van der Waals surface area contributed by atoms with E-state index in [0.29, 0.717) is 37.8 Å². The normalized spacial score (nSPS) is 14.1. The first-order valence-electron chi connectivity index (χ1n) is 8.90. The minimum absolute atomic E-state index is 0.304. The molecule has 1 N–H and O–H groups in total. The van der Waals surface area contributed by atoms with Crippen LogP contribution in [0.2, 0.25) is 10.0 Å². The molecule has 146 valence electrons. The highest BCUT2D eigenvalue weighted by atomic mass is 35.5. The lowest BCUT2D eigenvalue weighted by Gasteiger charge is -2.23. The van der Waals surface area contributed by atoms with Crippen molar-refractivity contribution in [2.45, 2.75) is 26.8 Å². The molecule has 28 heavy (non-hydrogen) atoms. The molecule has 0 radical (unpaired) electrons. The number of nitrogens with one attached hydrogen (secondary N) is 1. The highest BCUT2D eigenvalue weighted by Gasteiger charge is 2.26. The SMILES string of the molecule is CCN1CCc2nc(NC(=O)c3c(-c4c(Cl)cccc4Cl)noc3C)sc2C1. The molecule has 1 aromatic carbocycles. The van der Waals surface area contributed by atoms with Crippen LogP contribution in [0.5, 0.6) is 0 Å². The number of nitrogens with zero attached hydrogens (tertiary/aromatic N) is 3. The number of rotatable bonds is 4. The molecule has 0 bridgehead atoms. The summed E-state index contributed by atoms with van der Waals surface area (Å²) in [6, 6.07) is 5.13. The van der Waals surface area contributed by atoms with E-state index in [0.717, 1.165) is 31.7 Å². The number of anilines is 1. The minimum Gasteiger partial charge on any atom is -0.360 e. The van der Waals surface area contributed by atoms with Gasteiger partial charge in [-0.3, -0.25) is 15.0 Å². The predicted octanol–water partition coefficient (Wildman–Crippen LogP) is 5.04. The molecule has 4 rings (SSSR count). The number of thiazole rings is 1. The molecule has 0 atom stereocenters. The molecule has 0 spiro atoms. The fourth-order valence-corrected chi connectivity index (χ4v) is 4.89. The van der Waals surface area contributed by atoms with Gasteiger partial charge in [-0.1, -0.05) is 41.3 Å². The Labute approximate surface area is 176 Å². The standard InChI is InChI=1S/C19H18Cl2N4O2S/c1-3-25-8-7-13-14(9-25)28-19(22-13)23-18(26)15-10(2)27-24-17(15)16-11(20)5-4-6-12(16)21/h4-6H,3,7-9H2,1-2H3,(H,22,23,26). The van der Waals surface area contributed by atoms with E-state index in [9.17, 15) is 4.79 Å². The molecule has 0 saturated heterocycles. The molecule has 0 unspecified atom stereocenters. The van der Waals surface area contributed by atoms with Crippen LogP contribution < -0.4 is 5.32 Å². The first-order chi connectivity index (χ1) is 13.5. The van der Waals surface area contributed by atoms with Gasteiger partial charge in [0, 0.05) is 30.0 Å². The lowest BCUT2D eigenvalue weighted by Crippen LogP contribution is -2.29. The summed E-state index contributed by atoms with van der Waals surface area (Å²) in [6.45, 7) is 6.68. The molecule has 3 aromatic rings. The Bertz CT molecular complexity index is 1030.